The van der Waals surface area contributed by atoms with Crippen molar-refractivity contribution in [3.63, 3.8) is 0 Å². The maximum atomic E-state index is 13.0. The first kappa shape index (κ1) is 8.51. The highest BCUT2D eigenvalue weighted by molar-refractivity contribution is 6.31. The molecule has 1 aliphatic rings. The zero-order valence-corrected chi connectivity index (χ0v) is 7.49. The minimum Gasteiger partial charge on any atom is -0.326 e. The summed E-state index contributed by atoms with van der Waals surface area (Å²) in [5.41, 5.74) is 1.43. The van der Waals surface area contributed by atoms with Crippen molar-refractivity contribution in [2.75, 3.05) is 5.32 Å². The quantitative estimate of drug-likeness (QED) is 0.683. The van der Waals surface area contributed by atoms with Crippen LogP contribution >= 0.6 is 11.6 Å². The molecule has 0 unspecified atom stereocenters. The fourth-order valence-corrected chi connectivity index (χ4v) is 1.56. The number of amides is 1. The topological polar surface area (TPSA) is 29.1 Å². The maximum absolute atomic E-state index is 13.0. The van der Waals surface area contributed by atoms with Crippen molar-refractivity contribution in [3.8, 4) is 0 Å². The lowest BCUT2D eigenvalue weighted by Crippen LogP contribution is -2.19. The molecule has 13 heavy (non-hydrogen) atoms. The van der Waals surface area contributed by atoms with Crippen LogP contribution in [0.2, 0.25) is 5.02 Å². The lowest BCUT2D eigenvalue weighted by Gasteiger charge is -2.16. The Kier molecular flexibility index (Phi) is 1.96. The molecule has 0 fully saturated rings. The molecule has 0 aromatic heterocycles. The molecule has 0 aliphatic carbocycles. The summed E-state index contributed by atoms with van der Waals surface area (Å²) in [4.78, 5) is 11.0. The van der Waals surface area contributed by atoms with Gasteiger partial charge in [0, 0.05) is 12.1 Å². The van der Waals surface area contributed by atoms with E-state index in [1.807, 2.05) is 0 Å². The molecule has 0 spiro atoms. The van der Waals surface area contributed by atoms with Gasteiger partial charge in [-0.05, 0) is 24.1 Å². The van der Waals surface area contributed by atoms with Crippen LogP contribution in [0.3, 0.4) is 0 Å². The van der Waals surface area contributed by atoms with E-state index in [0.29, 0.717) is 18.5 Å². The van der Waals surface area contributed by atoms with E-state index in [1.54, 1.807) is 6.07 Å². The molecule has 0 radical (unpaired) electrons. The normalized spacial score (nSPS) is 15.1. The molecule has 1 N–H and O–H groups in total. The van der Waals surface area contributed by atoms with Crippen molar-refractivity contribution in [2.45, 2.75) is 12.8 Å². The molecule has 68 valence electrons. The monoisotopic (exact) mass is 199 g/mol. The third kappa shape index (κ3) is 1.52. The number of halogens is 2. The minimum atomic E-state index is -0.498. The van der Waals surface area contributed by atoms with Gasteiger partial charge in [0.2, 0.25) is 5.91 Å². The molecular weight excluding hydrogens is 193 g/mol. The number of anilines is 1. The number of hydrogen-bond acceptors (Lipinski definition) is 1. The number of aryl methyl sites for hydroxylation is 1. The molecule has 0 atom stereocenters. The minimum absolute atomic E-state index is 0.0748. The number of carbonyl (C=O) groups is 1. The number of hydrogen-bond donors (Lipinski definition) is 1. The van der Waals surface area contributed by atoms with E-state index in [1.165, 1.54) is 6.07 Å². The molecule has 1 aromatic rings. The van der Waals surface area contributed by atoms with Crippen LogP contribution in [0.15, 0.2) is 12.1 Å². The summed E-state index contributed by atoms with van der Waals surface area (Å²) in [5.74, 6) is -0.572. The van der Waals surface area contributed by atoms with Gasteiger partial charge >= 0.3 is 0 Å². The van der Waals surface area contributed by atoms with Gasteiger partial charge < -0.3 is 5.32 Å². The highest BCUT2D eigenvalue weighted by Gasteiger charge is 2.16. The summed E-state index contributed by atoms with van der Waals surface area (Å²) < 4.78 is 13.0. The standard InChI is InChI=1S/C9H7ClFNO/c10-6-3-5-1-2-9(13)12-8(5)4-7(6)11/h3-4H,1-2H2,(H,12,13). The number of fused-ring (bicyclic) bond motifs is 1. The van der Waals surface area contributed by atoms with Crippen LogP contribution < -0.4 is 5.32 Å². The summed E-state index contributed by atoms with van der Waals surface area (Å²) in [6.07, 6.45) is 1.07. The van der Waals surface area contributed by atoms with Gasteiger partial charge in [0.25, 0.3) is 0 Å². The molecule has 1 amide bonds. The number of rotatable bonds is 0. The van der Waals surface area contributed by atoms with Crippen molar-refractivity contribution in [3.05, 3.63) is 28.5 Å². The van der Waals surface area contributed by atoms with Crippen molar-refractivity contribution >= 4 is 23.2 Å². The predicted octanol–water partition coefficient (Wildman–Crippen LogP) is 2.36. The van der Waals surface area contributed by atoms with Gasteiger partial charge in [0.1, 0.15) is 5.82 Å². The molecule has 1 aromatic carbocycles. The van der Waals surface area contributed by atoms with E-state index < -0.39 is 5.82 Å². The van der Waals surface area contributed by atoms with E-state index >= 15 is 0 Å². The van der Waals surface area contributed by atoms with Crippen molar-refractivity contribution in [1.82, 2.24) is 0 Å². The molecule has 0 bridgehead atoms. The van der Waals surface area contributed by atoms with Gasteiger partial charge in [-0.15, -0.1) is 0 Å². The highest BCUT2D eigenvalue weighted by atomic mass is 35.5. The van der Waals surface area contributed by atoms with Crippen LogP contribution in [0, 0.1) is 5.82 Å². The van der Waals surface area contributed by atoms with Crippen LogP contribution in [0.25, 0.3) is 0 Å². The van der Waals surface area contributed by atoms with Gasteiger partial charge in [0.05, 0.1) is 5.02 Å². The lowest BCUT2D eigenvalue weighted by molar-refractivity contribution is -0.116. The van der Waals surface area contributed by atoms with E-state index in [9.17, 15) is 9.18 Å². The van der Waals surface area contributed by atoms with Crippen LogP contribution in [-0.2, 0) is 11.2 Å². The van der Waals surface area contributed by atoms with E-state index in [-0.39, 0.29) is 10.9 Å². The average molecular weight is 200 g/mol. The molecule has 2 nitrogen and oxygen atoms in total. The molecule has 0 saturated carbocycles. The first-order valence-corrected chi connectivity index (χ1v) is 4.32. The second-order valence-electron chi connectivity index (χ2n) is 2.97. The lowest BCUT2D eigenvalue weighted by atomic mass is 10.0. The van der Waals surface area contributed by atoms with E-state index in [0.717, 1.165) is 5.56 Å². The van der Waals surface area contributed by atoms with Crippen LogP contribution in [0.5, 0.6) is 0 Å². The third-order valence-electron chi connectivity index (χ3n) is 2.04. The molecule has 2 rings (SSSR count). The second kappa shape index (κ2) is 3.00. The molecule has 4 heteroatoms. The van der Waals surface area contributed by atoms with Gasteiger partial charge in [-0.3, -0.25) is 4.79 Å². The summed E-state index contributed by atoms with van der Waals surface area (Å²) in [5, 5.41) is 2.70. The molecule has 1 heterocycles. The highest BCUT2D eigenvalue weighted by Crippen LogP contribution is 2.27. The SMILES string of the molecule is O=C1CCc2cc(Cl)c(F)cc2N1. The van der Waals surface area contributed by atoms with Gasteiger partial charge in [-0.25, -0.2) is 4.39 Å². The van der Waals surface area contributed by atoms with Crippen molar-refractivity contribution in [2.24, 2.45) is 0 Å². The fraction of sp³-hybridized carbons (Fsp3) is 0.222. The van der Waals surface area contributed by atoms with Crippen LogP contribution in [0.1, 0.15) is 12.0 Å². The Morgan fingerprint density at radius 2 is 2.15 bits per heavy atom. The Morgan fingerprint density at radius 1 is 1.38 bits per heavy atom. The first-order valence-electron chi connectivity index (χ1n) is 3.94. The molecule has 0 saturated heterocycles. The molecular formula is C9H7ClFNO. The van der Waals surface area contributed by atoms with Crippen molar-refractivity contribution < 1.29 is 9.18 Å². The van der Waals surface area contributed by atoms with Gasteiger partial charge in [-0.2, -0.15) is 0 Å². The predicted molar refractivity (Wildman–Crippen MR) is 48.4 cm³/mol. The van der Waals surface area contributed by atoms with Crippen LogP contribution in [0.4, 0.5) is 10.1 Å². The van der Waals surface area contributed by atoms with Crippen LogP contribution in [-0.4, -0.2) is 5.91 Å². The molecule has 1 aliphatic heterocycles. The van der Waals surface area contributed by atoms with Gasteiger partial charge in [0.15, 0.2) is 0 Å². The Morgan fingerprint density at radius 3 is 2.92 bits per heavy atom. The second-order valence-corrected chi connectivity index (χ2v) is 3.38. The Bertz CT molecular complexity index is 378. The van der Waals surface area contributed by atoms with E-state index in [4.69, 9.17) is 11.6 Å². The largest absolute Gasteiger partial charge is 0.326 e. The maximum Gasteiger partial charge on any atom is 0.224 e. The zero-order valence-electron chi connectivity index (χ0n) is 6.73. The first-order chi connectivity index (χ1) is 6.16. The third-order valence-corrected chi connectivity index (χ3v) is 2.33. The Balaban J connectivity index is 2.49. The fourth-order valence-electron chi connectivity index (χ4n) is 1.37. The van der Waals surface area contributed by atoms with Gasteiger partial charge in [-0.1, -0.05) is 11.6 Å². The number of carbonyl (C=O) groups excluding carboxylic acids is 1. The average Bonchev–Trinajstić information content (AvgIpc) is 2.08. The Hall–Kier alpha value is -1.09. The van der Waals surface area contributed by atoms with Crippen molar-refractivity contribution in [1.29, 1.82) is 0 Å². The summed E-state index contributed by atoms with van der Waals surface area (Å²) in [6, 6.07) is 2.82. The smallest absolute Gasteiger partial charge is 0.224 e. The summed E-state index contributed by atoms with van der Waals surface area (Å²) >= 11 is 5.59. The zero-order chi connectivity index (χ0) is 9.42. The summed E-state index contributed by atoms with van der Waals surface area (Å²) in [7, 11) is 0. The Labute approximate surface area is 79.7 Å². The number of nitrogens with one attached hydrogen (secondary N) is 1. The van der Waals surface area contributed by atoms with E-state index in [2.05, 4.69) is 5.32 Å². The summed E-state index contributed by atoms with van der Waals surface area (Å²) in [6.45, 7) is 0. The number of benzene rings is 1.